The first-order valence-corrected chi connectivity index (χ1v) is 10.8. The van der Waals surface area contributed by atoms with Crippen LogP contribution in [0.1, 0.15) is 40.7 Å². The van der Waals surface area contributed by atoms with E-state index in [0.29, 0.717) is 24.8 Å². The Kier molecular flexibility index (Phi) is 5.09. The summed E-state index contributed by atoms with van der Waals surface area (Å²) in [5.74, 6) is 0.872. The van der Waals surface area contributed by atoms with Gasteiger partial charge in [0.05, 0.1) is 0 Å². The Morgan fingerprint density at radius 3 is 2.73 bits per heavy atom. The maximum atomic E-state index is 12.8. The second-order valence-corrected chi connectivity index (χ2v) is 8.58. The van der Waals surface area contributed by atoms with Crippen LogP contribution in [0.3, 0.4) is 0 Å². The number of benzene rings is 2. The van der Waals surface area contributed by atoms with Crippen molar-refractivity contribution in [3.8, 4) is 5.75 Å². The highest BCUT2D eigenvalue weighted by Gasteiger charge is 2.29. The third-order valence-corrected chi connectivity index (χ3v) is 6.46. The van der Waals surface area contributed by atoms with Crippen molar-refractivity contribution in [2.24, 2.45) is 0 Å². The van der Waals surface area contributed by atoms with Crippen LogP contribution in [-0.2, 0) is 17.7 Å². The van der Waals surface area contributed by atoms with Gasteiger partial charge in [-0.2, -0.15) is 0 Å². The molecule has 5 rings (SSSR count). The lowest BCUT2D eigenvalue weighted by Crippen LogP contribution is -3.13. The van der Waals surface area contributed by atoms with E-state index >= 15 is 0 Å². The van der Waals surface area contributed by atoms with Gasteiger partial charge in [-0.1, -0.05) is 30.3 Å². The van der Waals surface area contributed by atoms with Crippen LogP contribution in [0.5, 0.6) is 5.75 Å². The smallest absolute Gasteiger partial charge is 0.340 e. The van der Waals surface area contributed by atoms with E-state index in [-0.39, 0.29) is 5.63 Å². The molecule has 3 heterocycles. The molecule has 2 aliphatic rings. The molecule has 5 heteroatoms. The van der Waals surface area contributed by atoms with Crippen LogP contribution in [-0.4, -0.2) is 26.0 Å². The molecule has 0 spiro atoms. The average Bonchev–Trinajstić information content (AvgIpc) is 3.26. The predicted octanol–water partition coefficient (Wildman–Crippen LogP) is 2.91. The number of fused-ring (bicyclic) bond motifs is 2. The molecule has 1 saturated heterocycles. The molecule has 1 N–H and O–H groups in total. The number of hydrogen-bond acceptors (Lipinski definition) is 4. The molecule has 2 atom stereocenters. The van der Waals surface area contributed by atoms with E-state index in [1.807, 2.05) is 44.2 Å². The van der Waals surface area contributed by atoms with E-state index < -0.39 is 0 Å². The first-order chi connectivity index (χ1) is 14.6. The largest absolute Gasteiger partial charge is 0.444 e. The van der Waals surface area contributed by atoms with Gasteiger partial charge in [0.15, 0.2) is 0 Å². The summed E-state index contributed by atoms with van der Waals surface area (Å²) in [4.78, 5) is 14.2. The lowest BCUT2D eigenvalue weighted by molar-refractivity contribution is -0.935. The topological polar surface area (TPSA) is 53.1 Å². The summed E-state index contributed by atoms with van der Waals surface area (Å²) in [6.45, 7) is 7.39. The SMILES string of the molecule is Cc1c(Cc2ccccc2)c(=O)oc2c(C)c3c(cc12)C[NH+](C[C@H]1CCCO1)CO3. The second kappa shape index (κ2) is 7.89. The van der Waals surface area contributed by atoms with E-state index in [0.717, 1.165) is 65.9 Å². The van der Waals surface area contributed by atoms with Crippen LogP contribution in [0.15, 0.2) is 45.6 Å². The molecule has 30 heavy (non-hydrogen) atoms. The molecule has 156 valence electrons. The summed E-state index contributed by atoms with van der Waals surface area (Å²) < 4.78 is 17.8. The van der Waals surface area contributed by atoms with E-state index in [9.17, 15) is 4.79 Å². The molecule has 0 aliphatic carbocycles. The first kappa shape index (κ1) is 19.3. The summed E-state index contributed by atoms with van der Waals surface area (Å²) in [6, 6.07) is 12.2. The summed E-state index contributed by atoms with van der Waals surface area (Å²) in [5.41, 5.74) is 5.34. The summed E-state index contributed by atoms with van der Waals surface area (Å²) >= 11 is 0. The van der Waals surface area contributed by atoms with Crippen molar-refractivity contribution < 1.29 is 18.8 Å². The molecular formula is C25H28NO4+. The Labute approximate surface area is 176 Å². The van der Waals surface area contributed by atoms with Gasteiger partial charge in [0, 0.05) is 35.1 Å². The zero-order valence-electron chi connectivity index (χ0n) is 17.6. The Morgan fingerprint density at radius 2 is 1.97 bits per heavy atom. The lowest BCUT2D eigenvalue weighted by Gasteiger charge is -2.29. The number of ether oxygens (including phenoxy) is 2. The van der Waals surface area contributed by atoms with Crippen molar-refractivity contribution in [1.29, 1.82) is 0 Å². The lowest BCUT2D eigenvalue weighted by atomic mass is 9.96. The van der Waals surface area contributed by atoms with Gasteiger partial charge in [-0.25, -0.2) is 4.79 Å². The minimum Gasteiger partial charge on any atom is -0.444 e. The third kappa shape index (κ3) is 3.53. The predicted molar refractivity (Wildman–Crippen MR) is 115 cm³/mol. The van der Waals surface area contributed by atoms with Gasteiger partial charge in [-0.15, -0.1) is 0 Å². The first-order valence-electron chi connectivity index (χ1n) is 10.8. The monoisotopic (exact) mass is 406 g/mol. The maximum Gasteiger partial charge on any atom is 0.340 e. The van der Waals surface area contributed by atoms with E-state index in [1.54, 1.807) is 0 Å². The zero-order valence-corrected chi connectivity index (χ0v) is 17.6. The summed E-state index contributed by atoms with van der Waals surface area (Å²) in [5, 5.41) is 1.01. The van der Waals surface area contributed by atoms with Crippen LogP contribution in [0.2, 0.25) is 0 Å². The maximum absolute atomic E-state index is 12.8. The highest BCUT2D eigenvalue weighted by Crippen LogP contribution is 2.34. The fourth-order valence-corrected chi connectivity index (χ4v) is 4.82. The molecule has 0 radical (unpaired) electrons. The van der Waals surface area contributed by atoms with E-state index in [4.69, 9.17) is 13.9 Å². The molecule has 0 bridgehead atoms. The number of nitrogens with one attached hydrogen (secondary N) is 1. The van der Waals surface area contributed by atoms with Gasteiger partial charge in [-0.05, 0) is 43.9 Å². The normalized spacial score (nSPS) is 20.9. The van der Waals surface area contributed by atoms with Crippen LogP contribution >= 0.6 is 0 Å². The molecule has 3 aromatic rings. The molecule has 1 fully saturated rings. The molecule has 5 nitrogen and oxygen atoms in total. The molecule has 2 aliphatic heterocycles. The van der Waals surface area contributed by atoms with Gasteiger partial charge in [0.2, 0.25) is 6.73 Å². The number of quaternary nitrogens is 1. The second-order valence-electron chi connectivity index (χ2n) is 8.58. The Hall–Kier alpha value is -2.63. The summed E-state index contributed by atoms with van der Waals surface area (Å²) in [7, 11) is 0. The average molecular weight is 407 g/mol. The minimum atomic E-state index is -0.256. The fourth-order valence-electron chi connectivity index (χ4n) is 4.82. The Bertz CT molecular complexity index is 1130. The molecule has 0 saturated carbocycles. The van der Waals surface area contributed by atoms with Crippen LogP contribution in [0, 0.1) is 13.8 Å². The Balaban J connectivity index is 1.52. The van der Waals surface area contributed by atoms with E-state index in [2.05, 4.69) is 6.07 Å². The van der Waals surface area contributed by atoms with Crippen molar-refractivity contribution in [3.63, 3.8) is 0 Å². The number of hydrogen-bond donors (Lipinski definition) is 1. The van der Waals surface area contributed by atoms with Gasteiger partial charge >= 0.3 is 5.63 Å². The van der Waals surface area contributed by atoms with Gasteiger partial charge in [0.25, 0.3) is 0 Å². The van der Waals surface area contributed by atoms with Crippen molar-refractivity contribution in [1.82, 2.24) is 0 Å². The van der Waals surface area contributed by atoms with Crippen LogP contribution < -0.4 is 15.3 Å². The molecule has 2 aromatic carbocycles. The third-order valence-electron chi connectivity index (χ3n) is 6.46. The van der Waals surface area contributed by atoms with Crippen molar-refractivity contribution >= 4 is 11.0 Å². The van der Waals surface area contributed by atoms with Crippen molar-refractivity contribution in [3.05, 3.63) is 74.6 Å². The Morgan fingerprint density at radius 1 is 1.13 bits per heavy atom. The molecule has 0 amide bonds. The minimum absolute atomic E-state index is 0.256. The van der Waals surface area contributed by atoms with Gasteiger partial charge in [-0.3, -0.25) is 4.90 Å². The highest BCUT2D eigenvalue weighted by atomic mass is 16.5. The van der Waals surface area contributed by atoms with Gasteiger partial charge < -0.3 is 13.9 Å². The molecule has 1 aromatic heterocycles. The fraction of sp³-hybridized carbons (Fsp3) is 0.400. The van der Waals surface area contributed by atoms with Gasteiger partial charge in [0.1, 0.15) is 30.5 Å². The van der Waals surface area contributed by atoms with Crippen LogP contribution in [0.4, 0.5) is 0 Å². The number of rotatable bonds is 4. The molecular weight excluding hydrogens is 378 g/mol. The number of aryl methyl sites for hydroxylation is 2. The van der Waals surface area contributed by atoms with Crippen molar-refractivity contribution in [2.75, 3.05) is 19.9 Å². The van der Waals surface area contributed by atoms with Crippen molar-refractivity contribution in [2.45, 2.75) is 45.8 Å². The van der Waals surface area contributed by atoms with Crippen LogP contribution in [0.25, 0.3) is 11.0 Å². The van der Waals surface area contributed by atoms with E-state index in [1.165, 1.54) is 10.5 Å². The highest BCUT2D eigenvalue weighted by molar-refractivity contribution is 5.87. The quantitative estimate of drug-likeness (QED) is 0.677. The molecule has 1 unspecified atom stereocenters. The summed E-state index contributed by atoms with van der Waals surface area (Å²) in [6.07, 6.45) is 3.21. The standard InChI is InChI=1S/C25H27NO4/c1-16-21-12-19-13-26(14-20-9-6-10-28-20)15-29-23(19)17(2)24(21)30-25(27)22(16)11-18-7-4-3-5-8-18/h3-5,7-8,12,20H,6,9-11,13-15H2,1-2H3/p+1/t20-/m1/s1. The zero-order chi connectivity index (χ0) is 20.7.